The number of aliphatic hydroxyl groups is 1. The molecule has 1 heterocycles. The first-order chi connectivity index (χ1) is 10.6. The topological polar surface area (TPSA) is 71.5 Å². The van der Waals surface area contributed by atoms with E-state index in [1.165, 1.54) is 6.20 Å². The van der Waals surface area contributed by atoms with Gasteiger partial charge in [-0.05, 0) is 36.8 Å². The van der Waals surface area contributed by atoms with Crippen LogP contribution in [0.3, 0.4) is 0 Å². The predicted octanol–water partition coefficient (Wildman–Crippen LogP) is 2.21. The summed E-state index contributed by atoms with van der Waals surface area (Å²) in [6, 6.07) is 10.7. The van der Waals surface area contributed by atoms with E-state index in [4.69, 9.17) is 16.3 Å². The fourth-order valence-electron chi connectivity index (χ4n) is 1.82. The quantitative estimate of drug-likeness (QED) is 0.801. The van der Waals surface area contributed by atoms with Gasteiger partial charge in [0, 0.05) is 12.7 Å². The van der Waals surface area contributed by atoms with Crippen molar-refractivity contribution in [3.63, 3.8) is 0 Å². The molecule has 0 saturated heterocycles. The Hall–Kier alpha value is -2.11. The molecule has 1 aromatic heterocycles. The molecule has 0 saturated carbocycles. The number of aromatic nitrogens is 1. The van der Waals surface area contributed by atoms with Gasteiger partial charge < -0.3 is 15.2 Å². The average Bonchev–Trinajstić information content (AvgIpc) is 2.51. The van der Waals surface area contributed by atoms with Gasteiger partial charge in [0.1, 0.15) is 23.6 Å². The van der Waals surface area contributed by atoms with E-state index in [0.29, 0.717) is 5.75 Å². The molecule has 5 nitrogen and oxygen atoms in total. The third kappa shape index (κ3) is 4.72. The van der Waals surface area contributed by atoms with Gasteiger partial charge in [-0.25, -0.2) is 4.98 Å². The molecule has 2 aromatic rings. The van der Waals surface area contributed by atoms with Gasteiger partial charge in [-0.1, -0.05) is 23.7 Å². The monoisotopic (exact) mass is 320 g/mol. The molecular formula is C16H17ClN2O3. The number of hydrogen-bond donors (Lipinski definition) is 2. The van der Waals surface area contributed by atoms with Crippen LogP contribution in [0.25, 0.3) is 0 Å². The highest BCUT2D eigenvalue weighted by Crippen LogP contribution is 2.13. The SMILES string of the molecule is Cc1cccc(OCC(O)CNC(=O)c2cccnc2Cl)c1. The first kappa shape index (κ1) is 16.3. The Labute approximate surface area is 133 Å². The number of pyridine rings is 1. The summed E-state index contributed by atoms with van der Waals surface area (Å²) >= 11 is 5.83. The van der Waals surface area contributed by atoms with Crippen molar-refractivity contribution in [2.75, 3.05) is 13.2 Å². The molecule has 0 aliphatic carbocycles. The smallest absolute Gasteiger partial charge is 0.254 e. The second kappa shape index (κ2) is 7.77. The maximum atomic E-state index is 11.9. The maximum Gasteiger partial charge on any atom is 0.254 e. The zero-order valence-corrected chi connectivity index (χ0v) is 12.9. The number of halogens is 1. The molecule has 116 valence electrons. The summed E-state index contributed by atoms with van der Waals surface area (Å²) in [6.45, 7) is 2.11. The summed E-state index contributed by atoms with van der Waals surface area (Å²) in [5.74, 6) is 0.299. The van der Waals surface area contributed by atoms with Gasteiger partial charge in [-0.2, -0.15) is 0 Å². The molecule has 2 rings (SSSR count). The number of amides is 1. The Balaban J connectivity index is 1.79. The van der Waals surface area contributed by atoms with Gasteiger partial charge in [0.2, 0.25) is 0 Å². The number of rotatable bonds is 6. The number of aliphatic hydroxyl groups excluding tert-OH is 1. The molecule has 0 bridgehead atoms. The fraction of sp³-hybridized carbons (Fsp3) is 0.250. The second-order valence-corrected chi connectivity index (χ2v) is 5.19. The predicted molar refractivity (Wildman–Crippen MR) is 84.3 cm³/mol. The van der Waals surface area contributed by atoms with Crippen LogP contribution < -0.4 is 10.1 Å². The summed E-state index contributed by atoms with van der Waals surface area (Å²) in [7, 11) is 0. The summed E-state index contributed by atoms with van der Waals surface area (Å²) in [5, 5.41) is 12.6. The molecule has 1 unspecified atom stereocenters. The zero-order valence-electron chi connectivity index (χ0n) is 12.1. The Bertz CT molecular complexity index is 649. The van der Waals surface area contributed by atoms with E-state index in [0.717, 1.165) is 5.56 Å². The van der Waals surface area contributed by atoms with E-state index in [9.17, 15) is 9.90 Å². The largest absolute Gasteiger partial charge is 0.491 e. The van der Waals surface area contributed by atoms with Crippen molar-refractivity contribution >= 4 is 17.5 Å². The molecule has 1 aromatic carbocycles. The van der Waals surface area contributed by atoms with Gasteiger partial charge >= 0.3 is 0 Å². The lowest BCUT2D eigenvalue weighted by atomic mass is 10.2. The van der Waals surface area contributed by atoms with Crippen LogP contribution in [0.5, 0.6) is 5.75 Å². The number of nitrogens with one attached hydrogen (secondary N) is 1. The highest BCUT2D eigenvalue weighted by atomic mass is 35.5. The number of carbonyl (C=O) groups excluding carboxylic acids is 1. The van der Waals surface area contributed by atoms with Crippen LogP contribution in [0.15, 0.2) is 42.6 Å². The molecular weight excluding hydrogens is 304 g/mol. The fourth-order valence-corrected chi connectivity index (χ4v) is 2.02. The molecule has 2 N–H and O–H groups in total. The van der Waals surface area contributed by atoms with Crippen molar-refractivity contribution in [3.8, 4) is 5.75 Å². The van der Waals surface area contributed by atoms with Crippen LogP contribution >= 0.6 is 11.6 Å². The molecule has 1 atom stereocenters. The third-order valence-corrected chi connectivity index (χ3v) is 3.24. The maximum absolute atomic E-state index is 11.9. The molecule has 0 fully saturated rings. The number of nitrogens with zero attached hydrogens (tertiary/aromatic N) is 1. The lowest BCUT2D eigenvalue weighted by molar-refractivity contribution is 0.0843. The van der Waals surface area contributed by atoms with Crippen molar-refractivity contribution in [3.05, 3.63) is 58.9 Å². The number of ether oxygens (including phenoxy) is 1. The van der Waals surface area contributed by atoms with E-state index in [1.54, 1.807) is 12.1 Å². The van der Waals surface area contributed by atoms with Crippen molar-refractivity contribution < 1.29 is 14.6 Å². The molecule has 0 aliphatic heterocycles. The molecule has 1 amide bonds. The standard InChI is InChI=1S/C16H17ClN2O3/c1-11-4-2-5-13(8-11)22-10-12(20)9-19-16(21)14-6-3-7-18-15(14)17/h2-8,12,20H,9-10H2,1H3,(H,19,21). The van der Waals surface area contributed by atoms with E-state index in [1.807, 2.05) is 31.2 Å². The average molecular weight is 321 g/mol. The number of carbonyl (C=O) groups is 1. The summed E-state index contributed by atoms with van der Waals surface area (Å²) in [5.41, 5.74) is 1.35. The summed E-state index contributed by atoms with van der Waals surface area (Å²) < 4.78 is 5.47. The van der Waals surface area contributed by atoms with Crippen LogP contribution in [0.2, 0.25) is 5.15 Å². The van der Waals surface area contributed by atoms with Gasteiger partial charge in [0.15, 0.2) is 0 Å². The molecule has 0 aliphatic rings. The second-order valence-electron chi connectivity index (χ2n) is 4.83. The highest BCUT2D eigenvalue weighted by Gasteiger charge is 2.12. The lowest BCUT2D eigenvalue weighted by Gasteiger charge is -2.13. The minimum atomic E-state index is -0.820. The number of hydrogen-bond acceptors (Lipinski definition) is 4. The normalized spacial score (nSPS) is 11.8. The summed E-state index contributed by atoms with van der Waals surface area (Å²) in [6.07, 6.45) is 0.684. The van der Waals surface area contributed by atoms with Crippen molar-refractivity contribution in [1.82, 2.24) is 10.3 Å². The molecule has 6 heteroatoms. The van der Waals surface area contributed by atoms with Crippen LogP contribution in [0.4, 0.5) is 0 Å². The van der Waals surface area contributed by atoms with Gasteiger partial charge in [0.25, 0.3) is 5.91 Å². The van der Waals surface area contributed by atoms with Gasteiger partial charge in [-0.15, -0.1) is 0 Å². The Kier molecular flexibility index (Phi) is 5.75. The van der Waals surface area contributed by atoms with Gasteiger partial charge in [-0.3, -0.25) is 4.79 Å². The van der Waals surface area contributed by atoms with Crippen LogP contribution in [0, 0.1) is 6.92 Å². The van der Waals surface area contributed by atoms with Crippen LogP contribution in [-0.2, 0) is 0 Å². The lowest BCUT2D eigenvalue weighted by Crippen LogP contribution is -2.35. The third-order valence-electron chi connectivity index (χ3n) is 2.93. The highest BCUT2D eigenvalue weighted by molar-refractivity contribution is 6.32. The van der Waals surface area contributed by atoms with Gasteiger partial charge in [0.05, 0.1) is 5.56 Å². The van der Waals surface area contributed by atoms with E-state index >= 15 is 0 Å². The van der Waals surface area contributed by atoms with E-state index in [2.05, 4.69) is 10.3 Å². The van der Waals surface area contributed by atoms with Crippen LogP contribution in [0.1, 0.15) is 15.9 Å². The Morgan fingerprint density at radius 1 is 1.41 bits per heavy atom. The Morgan fingerprint density at radius 3 is 2.95 bits per heavy atom. The van der Waals surface area contributed by atoms with Crippen molar-refractivity contribution in [2.45, 2.75) is 13.0 Å². The zero-order chi connectivity index (χ0) is 15.9. The number of benzene rings is 1. The first-order valence-electron chi connectivity index (χ1n) is 6.82. The Morgan fingerprint density at radius 2 is 2.23 bits per heavy atom. The first-order valence-corrected chi connectivity index (χ1v) is 7.20. The van der Waals surface area contributed by atoms with Crippen molar-refractivity contribution in [2.24, 2.45) is 0 Å². The number of aryl methyl sites for hydroxylation is 1. The molecule has 0 radical (unpaired) electrons. The molecule has 0 spiro atoms. The summed E-state index contributed by atoms with van der Waals surface area (Å²) in [4.78, 5) is 15.7. The molecule has 22 heavy (non-hydrogen) atoms. The minimum Gasteiger partial charge on any atom is -0.491 e. The van der Waals surface area contributed by atoms with E-state index < -0.39 is 6.10 Å². The minimum absolute atomic E-state index is 0.0653. The van der Waals surface area contributed by atoms with E-state index in [-0.39, 0.29) is 29.8 Å². The van der Waals surface area contributed by atoms with Crippen LogP contribution in [-0.4, -0.2) is 35.3 Å². The van der Waals surface area contributed by atoms with Crippen molar-refractivity contribution in [1.29, 1.82) is 0 Å².